The summed E-state index contributed by atoms with van der Waals surface area (Å²) in [5.74, 6) is 0.0791. The van der Waals surface area contributed by atoms with E-state index >= 15 is 0 Å². The fraction of sp³-hybridized carbons (Fsp3) is 0.364. The van der Waals surface area contributed by atoms with Gasteiger partial charge in [0, 0.05) is 0 Å². The van der Waals surface area contributed by atoms with Gasteiger partial charge in [-0.1, -0.05) is 35.3 Å². The van der Waals surface area contributed by atoms with E-state index in [9.17, 15) is 4.79 Å². The predicted octanol–water partition coefficient (Wildman–Crippen LogP) is 3.18. The summed E-state index contributed by atoms with van der Waals surface area (Å²) in [6.45, 7) is 3.76. The lowest BCUT2D eigenvalue weighted by Gasteiger charge is -2.13. The van der Waals surface area contributed by atoms with Crippen LogP contribution >= 0.6 is 23.2 Å². The van der Waals surface area contributed by atoms with Crippen LogP contribution in [0.4, 0.5) is 0 Å². The normalized spacial score (nSPS) is 10.6. The van der Waals surface area contributed by atoms with E-state index in [2.05, 4.69) is 0 Å². The largest absolute Gasteiger partial charge is 0.487 e. The number of carbonyl (C=O) groups excluding carboxylic acids is 1. The van der Waals surface area contributed by atoms with Crippen molar-refractivity contribution in [2.24, 2.45) is 0 Å². The molecule has 3 nitrogen and oxygen atoms in total. The van der Waals surface area contributed by atoms with Gasteiger partial charge in [0.15, 0.2) is 11.5 Å². The lowest BCUT2D eigenvalue weighted by molar-refractivity contribution is -0.132. The van der Waals surface area contributed by atoms with Crippen molar-refractivity contribution in [2.75, 3.05) is 0 Å². The van der Waals surface area contributed by atoms with Crippen molar-refractivity contribution in [3.05, 3.63) is 24.3 Å². The molecule has 1 rings (SSSR count). The summed E-state index contributed by atoms with van der Waals surface area (Å²) < 4.78 is 10.4. The van der Waals surface area contributed by atoms with Crippen LogP contribution in [-0.2, 0) is 4.79 Å². The Morgan fingerprint density at radius 2 is 1.75 bits per heavy atom. The molecular weight excluding hydrogens is 251 g/mol. The van der Waals surface area contributed by atoms with Crippen LogP contribution in [0.15, 0.2) is 24.3 Å². The van der Waals surface area contributed by atoms with E-state index in [4.69, 9.17) is 32.7 Å². The van der Waals surface area contributed by atoms with Gasteiger partial charge in [-0.15, -0.1) is 0 Å². The molecule has 0 N–H and O–H groups in total. The topological polar surface area (TPSA) is 35.5 Å². The molecule has 1 aromatic rings. The molecular formula is C11H12Cl2O3. The summed E-state index contributed by atoms with van der Waals surface area (Å²) in [4.78, 5) is 10.0. The number of hydrogen-bond acceptors (Lipinski definition) is 3. The molecule has 0 aliphatic rings. The molecule has 0 fully saturated rings. The van der Waals surface area contributed by atoms with Gasteiger partial charge in [0.2, 0.25) is 4.84 Å². The highest BCUT2D eigenvalue weighted by Gasteiger charge is 2.16. The lowest BCUT2D eigenvalue weighted by atomic mass is 10.3. The highest BCUT2D eigenvalue weighted by atomic mass is 35.5. The second-order valence-electron chi connectivity index (χ2n) is 3.34. The van der Waals surface area contributed by atoms with Gasteiger partial charge >= 0.3 is 5.97 Å². The highest BCUT2D eigenvalue weighted by Crippen LogP contribution is 2.28. The van der Waals surface area contributed by atoms with Crippen LogP contribution in [0.2, 0.25) is 0 Å². The Morgan fingerprint density at radius 1 is 1.19 bits per heavy atom. The fourth-order valence-electron chi connectivity index (χ4n) is 1.04. The van der Waals surface area contributed by atoms with Crippen LogP contribution in [0, 0.1) is 0 Å². The van der Waals surface area contributed by atoms with Crippen LogP contribution in [0.1, 0.15) is 13.8 Å². The van der Waals surface area contributed by atoms with Crippen LogP contribution < -0.4 is 9.47 Å². The number of benzene rings is 1. The number of rotatable bonds is 4. The average molecular weight is 263 g/mol. The van der Waals surface area contributed by atoms with E-state index < -0.39 is 10.8 Å². The molecule has 0 heterocycles. The molecule has 88 valence electrons. The second-order valence-corrected chi connectivity index (χ2v) is 4.43. The van der Waals surface area contributed by atoms with E-state index in [-0.39, 0.29) is 6.10 Å². The van der Waals surface area contributed by atoms with E-state index in [1.165, 1.54) is 0 Å². The molecule has 0 radical (unpaired) electrons. The van der Waals surface area contributed by atoms with Crippen molar-refractivity contribution in [1.29, 1.82) is 0 Å². The third-order valence-corrected chi connectivity index (χ3v) is 1.96. The molecule has 0 bridgehead atoms. The average Bonchev–Trinajstić information content (AvgIpc) is 2.20. The van der Waals surface area contributed by atoms with Gasteiger partial charge in [-0.25, -0.2) is 4.79 Å². The third kappa shape index (κ3) is 3.91. The zero-order valence-electron chi connectivity index (χ0n) is 8.94. The summed E-state index contributed by atoms with van der Waals surface area (Å²) in [6.07, 6.45) is -0.0114. The number of carbonyl (C=O) groups is 1. The Kier molecular flexibility index (Phi) is 4.90. The van der Waals surface area contributed by atoms with Gasteiger partial charge in [-0.3, -0.25) is 0 Å². The van der Waals surface area contributed by atoms with Gasteiger partial charge in [-0.05, 0) is 26.0 Å². The summed E-state index contributed by atoms with van der Waals surface area (Å²) in [7, 11) is 0. The quantitative estimate of drug-likeness (QED) is 0.475. The molecule has 5 heteroatoms. The monoisotopic (exact) mass is 262 g/mol. The first kappa shape index (κ1) is 13.1. The summed E-state index contributed by atoms with van der Waals surface area (Å²) in [6, 6.07) is 6.84. The van der Waals surface area contributed by atoms with Crippen LogP contribution in [-0.4, -0.2) is 16.9 Å². The Labute approximate surface area is 104 Å². The van der Waals surface area contributed by atoms with Crippen molar-refractivity contribution in [2.45, 2.75) is 24.8 Å². The first-order valence-electron chi connectivity index (χ1n) is 4.76. The Balaban J connectivity index is 2.82. The minimum absolute atomic E-state index is 0.0114. The predicted molar refractivity (Wildman–Crippen MR) is 63.3 cm³/mol. The maximum absolute atomic E-state index is 11.2. The van der Waals surface area contributed by atoms with E-state index in [1.807, 2.05) is 13.8 Å². The minimum atomic E-state index is -1.20. The first-order chi connectivity index (χ1) is 7.50. The SMILES string of the molecule is CC(C)Oc1ccccc1OC(=O)C(Cl)Cl. The summed E-state index contributed by atoms with van der Waals surface area (Å²) >= 11 is 10.8. The van der Waals surface area contributed by atoms with Crippen molar-refractivity contribution >= 4 is 29.2 Å². The maximum atomic E-state index is 11.2. The number of hydrogen-bond donors (Lipinski definition) is 0. The van der Waals surface area contributed by atoms with Gasteiger partial charge < -0.3 is 9.47 Å². The van der Waals surface area contributed by atoms with Crippen LogP contribution in [0.5, 0.6) is 11.5 Å². The molecule has 0 unspecified atom stereocenters. The van der Waals surface area contributed by atoms with E-state index in [1.54, 1.807) is 24.3 Å². The Bertz CT molecular complexity index is 364. The zero-order valence-corrected chi connectivity index (χ0v) is 10.5. The smallest absolute Gasteiger partial charge is 0.344 e. The molecule has 1 aromatic carbocycles. The standard InChI is InChI=1S/C11H12Cl2O3/c1-7(2)15-8-5-3-4-6-9(8)16-11(14)10(12)13/h3-7,10H,1-2H3. The Hall–Kier alpha value is -0.930. The molecule has 0 saturated heterocycles. The van der Waals surface area contributed by atoms with Gasteiger partial charge in [0.25, 0.3) is 0 Å². The molecule has 0 aromatic heterocycles. The molecule has 0 spiro atoms. The molecule has 0 aliphatic heterocycles. The first-order valence-corrected chi connectivity index (χ1v) is 5.63. The summed E-state index contributed by atoms with van der Waals surface area (Å²) in [5, 5.41) is 0. The van der Waals surface area contributed by atoms with Crippen LogP contribution in [0.3, 0.4) is 0 Å². The van der Waals surface area contributed by atoms with Crippen molar-refractivity contribution in [3.63, 3.8) is 0 Å². The molecule has 16 heavy (non-hydrogen) atoms. The second kappa shape index (κ2) is 5.97. The number of halogens is 2. The molecule has 0 atom stereocenters. The highest BCUT2D eigenvalue weighted by molar-refractivity contribution is 6.53. The maximum Gasteiger partial charge on any atom is 0.344 e. The molecule has 0 amide bonds. The van der Waals surface area contributed by atoms with Gasteiger partial charge in [-0.2, -0.15) is 0 Å². The number of ether oxygens (including phenoxy) is 2. The fourth-order valence-corrected chi connectivity index (χ4v) is 1.13. The third-order valence-electron chi connectivity index (χ3n) is 1.60. The number of para-hydroxylation sites is 2. The molecule has 0 aliphatic carbocycles. The molecule has 0 saturated carbocycles. The zero-order chi connectivity index (χ0) is 12.1. The van der Waals surface area contributed by atoms with E-state index in [0.29, 0.717) is 11.5 Å². The summed E-state index contributed by atoms with van der Waals surface area (Å²) in [5.41, 5.74) is 0. The van der Waals surface area contributed by atoms with Crippen molar-refractivity contribution < 1.29 is 14.3 Å². The van der Waals surface area contributed by atoms with Crippen molar-refractivity contribution in [3.8, 4) is 11.5 Å². The van der Waals surface area contributed by atoms with Gasteiger partial charge in [0.1, 0.15) is 0 Å². The van der Waals surface area contributed by atoms with Crippen LogP contribution in [0.25, 0.3) is 0 Å². The van der Waals surface area contributed by atoms with Gasteiger partial charge in [0.05, 0.1) is 6.10 Å². The Morgan fingerprint density at radius 3 is 2.25 bits per heavy atom. The van der Waals surface area contributed by atoms with E-state index in [0.717, 1.165) is 0 Å². The van der Waals surface area contributed by atoms with Crippen molar-refractivity contribution in [1.82, 2.24) is 0 Å². The number of alkyl halides is 2. The lowest BCUT2D eigenvalue weighted by Crippen LogP contribution is -2.16. The number of esters is 1. The minimum Gasteiger partial charge on any atom is -0.487 e.